The van der Waals surface area contributed by atoms with Crippen molar-refractivity contribution < 1.29 is 22.7 Å². The van der Waals surface area contributed by atoms with E-state index in [1.165, 1.54) is 4.90 Å². The summed E-state index contributed by atoms with van der Waals surface area (Å²) >= 11 is 0. The predicted octanol–water partition coefficient (Wildman–Crippen LogP) is 2.94. The van der Waals surface area contributed by atoms with E-state index >= 15 is 0 Å². The molecule has 1 aliphatic rings. The maximum Gasteiger partial charge on any atom is 0.306 e. The first kappa shape index (κ1) is 21.0. The Labute approximate surface area is 171 Å². The Balaban J connectivity index is 1.63. The first-order valence-corrected chi connectivity index (χ1v) is 11.5. The summed E-state index contributed by atoms with van der Waals surface area (Å²) in [6, 6.07) is 18.1. The minimum absolute atomic E-state index is 0.0241. The maximum atomic E-state index is 12.9. The lowest BCUT2D eigenvalue weighted by Crippen LogP contribution is -2.43. The second-order valence-corrected chi connectivity index (χ2v) is 9.56. The molecule has 1 aliphatic heterocycles. The van der Waals surface area contributed by atoms with E-state index in [-0.39, 0.29) is 23.8 Å². The molecule has 3 rings (SSSR count). The minimum Gasteiger partial charge on any atom is -0.456 e. The topological polar surface area (TPSA) is 80.8 Å². The fourth-order valence-electron chi connectivity index (χ4n) is 3.55. The summed E-state index contributed by atoms with van der Waals surface area (Å²) in [5, 5.41) is 0. The highest BCUT2D eigenvalue weighted by atomic mass is 32.2. The Morgan fingerprint density at radius 1 is 1.07 bits per heavy atom. The zero-order valence-corrected chi connectivity index (χ0v) is 17.2. The average molecular weight is 416 g/mol. The Kier molecular flexibility index (Phi) is 6.69. The van der Waals surface area contributed by atoms with Crippen molar-refractivity contribution >= 4 is 27.4 Å². The van der Waals surface area contributed by atoms with Gasteiger partial charge in [-0.15, -0.1) is 0 Å². The van der Waals surface area contributed by atoms with Crippen molar-refractivity contribution in [3.05, 3.63) is 66.2 Å². The van der Waals surface area contributed by atoms with Crippen LogP contribution in [0.3, 0.4) is 0 Å². The van der Waals surface area contributed by atoms with Gasteiger partial charge in [0.1, 0.15) is 0 Å². The van der Waals surface area contributed by atoms with E-state index in [0.29, 0.717) is 12.1 Å². The highest BCUT2D eigenvalue weighted by Gasteiger charge is 2.35. The molecular formula is C22H25NO5S. The summed E-state index contributed by atoms with van der Waals surface area (Å²) in [6.07, 6.45) is 0.544. The molecule has 0 aliphatic carbocycles. The minimum atomic E-state index is -3.16. The molecule has 0 saturated carbocycles. The number of nitrogens with zero attached hydrogens (tertiary/aromatic N) is 1. The fourth-order valence-corrected chi connectivity index (χ4v) is 5.25. The van der Waals surface area contributed by atoms with Crippen molar-refractivity contribution in [2.45, 2.75) is 31.7 Å². The van der Waals surface area contributed by atoms with E-state index in [4.69, 9.17) is 4.74 Å². The van der Waals surface area contributed by atoms with E-state index in [1.54, 1.807) is 24.3 Å². The van der Waals surface area contributed by atoms with Gasteiger partial charge in [-0.1, -0.05) is 55.5 Å². The van der Waals surface area contributed by atoms with Crippen molar-refractivity contribution in [1.29, 1.82) is 0 Å². The van der Waals surface area contributed by atoms with Crippen LogP contribution in [0.5, 0.6) is 0 Å². The molecule has 1 fully saturated rings. The molecule has 154 valence electrons. The molecule has 0 N–H and O–H groups in total. The van der Waals surface area contributed by atoms with Crippen LogP contribution >= 0.6 is 0 Å². The van der Waals surface area contributed by atoms with Crippen molar-refractivity contribution in [2.75, 3.05) is 23.0 Å². The third-order valence-corrected chi connectivity index (χ3v) is 6.83. The van der Waals surface area contributed by atoms with Crippen LogP contribution in [0.25, 0.3) is 0 Å². The first-order valence-electron chi connectivity index (χ1n) is 9.64. The van der Waals surface area contributed by atoms with Gasteiger partial charge in [-0.25, -0.2) is 8.42 Å². The van der Waals surface area contributed by atoms with E-state index in [0.717, 1.165) is 5.56 Å². The van der Waals surface area contributed by atoms with Gasteiger partial charge in [0.15, 0.2) is 16.4 Å². The lowest BCUT2D eigenvalue weighted by Gasteiger charge is -2.28. The second-order valence-electron chi connectivity index (χ2n) is 7.33. The Morgan fingerprint density at radius 3 is 2.28 bits per heavy atom. The second kappa shape index (κ2) is 9.22. The predicted molar refractivity (Wildman–Crippen MR) is 111 cm³/mol. The van der Waals surface area contributed by atoms with Gasteiger partial charge in [-0.05, 0) is 30.0 Å². The summed E-state index contributed by atoms with van der Waals surface area (Å²) in [4.78, 5) is 26.5. The van der Waals surface area contributed by atoms with Crippen LogP contribution in [-0.4, -0.2) is 44.4 Å². The monoisotopic (exact) mass is 415 g/mol. The van der Waals surface area contributed by atoms with E-state index < -0.39 is 34.4 Å². The first-order chi connectivity index (χ1) is 13.9. The number of hydrogen-bond acceptors (Lipinski definition) is 5. The van der Waals surface area contributed by atoms with E-state index in [9.17, 15) is 18.0 Å². The molecule has 0 spiro atoms. The third-order valence-electron chi connectivity index (χ3n) is 5.07. The van der Waals surface area contributed by atoms with Crippen molar-refractivity contribution in [1.82, 2.24) is 0 Å². The number of para-hydroxylation sites is 1. The maximum absolute atomic E-state index is 12.9. The Bertz CT molecular complexity index is 944. The normalized spacial score (nSPS) is 18.7. The van der Waals surface area contributed by atoms with Crippen molar-refractivity contribution in [2.24, 2.45) is 0 Å². The number of esters is 1. The summed E-state index contributed by atoms with van der Waals surface area (Å²) in [5.41, 5.74) is 1.63. The number of carbonyl (C=O) groups is 2. The number of sulfone groups is 1. The summed E-state index contributed by atoms with van der Waals surface area (Å²) in [5.74, 6) is -0.917. The number of carbonyl (C=O) groups excluding carboxylic acids is 2. The van der Waals surface area contributed by atoms with E-state index in [2.05, 4.69) is 0 Å². The van der Waals surface area contributed by atoms with Crippen LogP contribution in [0.4, 0.5) is 5.69 Å². The summed E-state index contributed by atoms with van der Waals surface area (Å²) in [7, 11) is -3.16. The lowest BCUT2D eigenvalue weighted by atomic mass is 9.98. The number of ether oxygens (including phenoxy) is 1. The van der Waals surface area contributed by atoms with Gasteiger partial charge in [-0.2, -0.15) is 0 Å². The van der Waals surface area contributed by atoms with Crippen LogP contribution in [0, 0.1) is 0 Å². The van der Waals surface area contributed by atoms with Crippen LogP contribution in [-0.2, 0) is 24.2 Å². The van der Waals surface area contributed by atoms with Gasteiger partial charge in [0.2, 0.25) is 0 Å². The standard InChI is InChI=1S/C22H25NO5S/c1-17(18-8-4-2-5-9-18)14-22(25)28-15-21(24)23(19-10-6-3-7-11-19)20-12-13-29(26,27)16-20/h2-11,17,20H,12-16H2,1H3/t17-,20-/m1/s1. The number of amides is 1. The van der Waals surface area contributed by atoms with Gasteiger partial charge >= 0.3 is 5.97 Å². The largest absolute Gasteiger partial charge is 0.456 e. The number of hydrogen-bond donors (Lipinski definition) is 0. The smallest absolute Gasteiger partial charge is 0.306 e. The average Bonchev–Trinajstić information content (AvgIpc) is 3.07. The Hall–Kier alpha value is -2.67. The molecule has 2 aromatic rings. The van der Waals surface area contributed by atoms with Gasteiger partial charge < -0.3 is 9.64 Å². The van der Waals surface area contributed by atoms with Crippen molar-refractivity contribution in [3.63, 3.8) is 0 Å². The van der Waals surface area contributed by atoms with Gasteiger partial charge in [0, 0.05) is 5.69 Å². The number of benzene rings is 2. The van der Waals surface area contributed by atoms with Gasteiger partial charge in [0.25, 0.3) is 5.91 Å². The molecule has 1 saturated heterocycles. The zero-order valence-electron chi connectivity index (χ0n) is 16.4. The van der Waals surface area contributed by atoms with Gasteiger partial charge in [-0.3, -0.25) is 9.59 Å². The van der Waals surface area contributed by atoms with Gasteiger partial charge in [0.05, 0.1) is 24.0 Å². The molecule has 1 heterocycles. The fraction of sp³-hybridized carbons (Fsp3) is 0.364. The molecule has 6 nitrogen and oxygen atoms in total. The molecule has 1 amide bonds. The quantitative estimate of drug-likeness (QED) is 0.650. The molecule has 7 heteroatoms. The highest BCUT2D eigenvalue weighted by Crippen LogP contribution is 2.25. The van der Waals surface area contributed by atoms with Crippen LogP contribution in [0.2, 0.25) is 0 Å². The molecule has 0 aromatic heterocycles. The van der Waals surface area contributed by atoms with Crippen LogP contribution in [0.1, 0.15) is 31.2 Å². The summed E-state index contributed by atoms with van der Waals surface area (Å²) < 4.78 is 29.0. The molecule has 0 radical (unpaired) electrons. The highest BCUT2D eigenvalue weighted by molar-refractivity contribution is 7.91. The lowest BCUT2D eigenvalue weighted by molar-refractivity contribution is -0.148. The Morgan fingerprint density at radius 2 is 1.69 bits per heavy atom. The molecule has 0 unspecified atom stereocenters. The molecule has 29 heavy (non-hydrogen) atoms. The SMILES string of the molecule is C[C@H](CC(=O)OCC(=O)N(c1ccccc1)[C@@H]1CCS(=O)(=O)C1)c1ccccc1. The van der Waals surface area contributed by atoms with Crippen LogP contribution < -0.4 is 4.90 Å². The number of rotatable bonds is 7. The molecule has 2 atom stereocenters. The third kappa shape index (κ3) is 5.67. The molecule has 2 aromatic carbocycles. The molecule has 0 bridgehead atoms. The molecular weight excluding hydrogens is 390 g/mol. The zero-order chi connectivity index (χ0) is 20.9. The van der Waals surface area contributed by atoms with E-state index in [1.807, 2.05) is 43.3 Å². The van der Waals surface area contributed by atoms with Crippen molar-refractivity contribution in [3.8, 4) is 0 Å². The van der Waals surface area contributed by atoms with Crippen LogP contribution in [0.15, 0.2) is 60.7 Å². The number of anilines is 1. The summed E-state index contributed by atoms with van der Waals surface area (Å²) in [6.45, 7) is 1.52.